The monoisotopic (exact) mass is 247 g/mol. The summed E-state index contributed by atoms with van der Waals surface area (Å²) < 4.78 is 4.80. The Balaban J connectivity index is 2.87. The fraction of sp³-hybridized carbons (Fsp3) is 0.400. The molecule has 3 heteroatoms. The molecule has 0 saturated carbocycles. The summed E-state index contributed by atoms with van der Waals surface area (Å²) >= 11 is 0. The first kappa shape index (κ1) is 14.3. The van der Waals surface area contributed by atoms with Gasteiger partial charge in [0.1, 0.15) is 0 Å². The fourth-order valence-corrected chi connectivity index (χ4v) is 1.77. The molecule has 0 fully saturated rings. The quantitative estimate of drug-likeness (QED) is 0.617. The van der Waals surface area contributed by atoms with Crippen molar-refractivity contribution >= 4 is 11.7 Å². The van der Waals surface area contributed by atoms with Crippen LogP contribution >= 0.6 is 0 Å². The van der Waals surface area contributed by atoms with Gasteiger partial charge in [-0.3, -0.25) is 0 Å². The number of hydrogen-bond acceptors (Lipinski definition) is 3. The average Bonchev–Trinajstić information content (AvgIpc) is 2.37. The standard InChI is InChI=1S/C15H21NO2/c1-5-6-7-12(3)16-14-9-8-11(2)10-13(14)15(17)18-4/h5,8-10,12,16H,1,6-7H2,2-4H3. The number of ether oxygens (including phenoxy) is 1. The smallest absolute Gasteiger partial charge is 0.339 e. The fourth-order valence-electron chi connectivity index (χ4n) is 1.77. The molecule has 0 spiro atoms. The van der Waals surface area contributed by atoms with E-state index in [0.717, 1.165) is 24.1 Å². The molecule has 1 N–H and O–H groups in total. The molecule has 1 aromatic rings. The van der Waals surface area contributed by atoms with Crippen LogP contribution in [0.2, 0.25) is 0 Å². The van der Waals surface area contributed by atoms with Gasteiger partial charge in [-0.2, -0.15) is 0 Å². The van der Waals surface area contributed by atoms with Gasteiger partial charge in [-0.05, 0) is 38.8 Å². The van der Waals surface area contributed by atoms with Crippen LogP contribution in [0.25, 0.3) is 0 Å². The normalized spacial score (nSPS) is 11.7. The predicted octanol–water partition coefficient (Wildman–Crippen LogP) is 3.55. The van der Waals surface area contributed by atoms with Crippen LogP contribution in [0, 0.1) is 6.92 Å². The summed E-state index contributed by atoms with van der Waals surface area (Å²) in [6.07, 6.45) is 3.83. The summed E-state index contributed by atoms with van der Waals surface area (Å²) in [7, 11) is 1.40. The van der Waals surface area contributed by atoms with E-state index in [4.69, 9.17) is 4.74 Å². The third-order valence-corrected chi connectivity index (χ3v) is 2.79. The van der Waals surface area contributed by atoms with Gasteiger partial charge in [0.15, 0.2) is 0 Å². The number of allylic oxidation sites excluding steroid dienone is 1. The van der Waals surface area contributed by atoms with Crippen LogP contribution in [0.3, 0.4) is 0 Å². The van der Waals surface area contributed by atoms with Crippen molar-refractivity contribution in [3.63, 3.8) is 0 Å². The van der Waals surface area contributed by atoms with E-state index in [-0.39, 0.29) is 12.0 Å². The summed E-state index contributed by atoms with van der Waals surface area (Å²) in [5.74, 6) is -0.308. The Labute approximate surface area is 109 Å². The second-order valence-corrected chi connectivity index (χ2v) is 4.45. The molecular formula is C15H21NO2. The van der Waals surface area contributed by atoms with Gasteiger partial charge in [-0.25, -0.2) is 4.79 Å². The van der Waals surface area contributed by atoms with Crippen molar-refractivity contribution in [1.29, 1.82) is 0 Å². The number of carbonyl (C=O) groups excluding carboxylic acids is 1. The largest absolute Gasteiger partial charge is 0.465 e. The van der Waals surface area contributed by atoms with E-state index in [1.54, 1.807) is 0 Å². The Morgan fingerprint density at radius 3 is 2.89 bits per heavy atom. The first-order valence-electron chi connectivity index (χ1n) is 6.15. The number of rotatable bonds is 6. The molecule has 0 radical (unpaired) electrons. The lowest BCUT2D eigenvalue weighted by Crippen LogP contribution is -2.17. The minimum Gasteiger partial charge on any atom is -0.465 e. The molecule has 1 atom stereocenters. The van der Waals surface area contributed by atoms with Crippen molar-refractivity contribution in [2.24, 2.45) is 0 Å². The number of methoxy groups -OCH3 is 1. The number of carbonyl (C=O) groups is 1. The van der Waals surface area contributed by atoms with Crippen molar-refractivity contribution in [2.75, 3.05) is 12.4 Å². The van der Waals surface area contributed by atoms with Crippen molar-refractivity contribution in [3.05, 3.63) is 42.0 Å². The first-order chi connectivity index (χ1) is 8.58. The van der Waals surface area contributed by atoms with Crippen LogP contribution in [0.5, 0.6) is 0 Å². The van der Waals surface area contributed by atoms with Gasteiger partial charge in [0.05, 0.1) is 12.7 Å². The molecule has 0 aliphatic carbocycles. The third-order valence-electron chi connectivity index (χ3n) is 2.79. The average molecular weight is 247 g/mol. The predicted molar refractivity (Wildman–Crippen MR) is 75.0 cm³/mol. The van der Waals surface area contributed by atoms with Crippen molar-refractivity contribution in [3.8, 4) is 0 Å². The Kier molecular flexibility index (Phi) is 5.43. The number of anilines is 1. The second-order valence-electron chi connectivity index (χ2n) is 4.45. The molecule has 0 aromatic heterocycles. The highest BCUT2D eigenvalue weighted by Gasteiger charge is 2.13. The Hall–Kier alpha value is -1.77. The topological polar surface area (TPSA) is 38.3 Å². The molecule has 1 rings (SSSR count). The molecule has 0 aliphatic rings. The van der Waals surface area contributed by atoms with Gasteiger partial charge in [0.25, 0.3) is 0 Å². The molecule has 0 aliphatic heterocycles. The molecule has 1 unspecified atom stereocenters. The van der Waals surface area contributed by atoms with E-state index in [1.807, 2.05) is 31.2 Å². The number of nitrogens with one attached hydrogen (secondary N) is 1. The number of esters is 1. The van der Waals surface area contributed by atoms with Crippen molar-refractivity contribution < 1.29 is 9.53 Å². The Bertz CT molecular complexity index is 427. The molecule has 0 heterocycles. The first-order valence-corrected chi connectivity index (χ1v) is 6.15. The number of benzene rings is 1. The summed E-state index contributed by atoms with van der Waals surface area (Å²) in [6.45, 7) is 7.75. The SMILES string of the molecule is C=CCCC(C)Nc1ccc(C)cc1C(=O)OC. The number of hydrogen-bond donors (Lipinski definition) is 1. The van der Waals surface area contributed by atoms with E-state index in [1.165, 1.54) is 7.11 Å². The van der Waals surface area contributed by atoms with E-state index in [9.17, 15) is 4.79 Å². The highest BCUT2D eigenvalue weighted by Crippen LogP contribution is 2.20. The zero-order valence-electron chi connectivity index (χ0n) is 11.3. The third kappa shape index (κ3) is 3.91. The zero-order chi connectivity index (χ0) is 13.5. The van der Waals surface area contributed by atoms with Crippen LogP contribution in [-0.2, 0) is 4.74 Å². The highest BCUT2D eigenvalue weighted by molar-refractivity contribution is 5.95. The number of aryl methyl sites for hydroxylation is 1. The lowest BCUT2D eigenvalue weighted by molar-refractivity contribution is 0.0601. The Morgan fingerprint density at radius 2 is 2.28 bits per heavy atom. The molecule has 1 aromatic carbocycles. The molecule has 0 bridgehead atoms. The van der Waals surface area contributed by atoms with Crippen molar-refractivity contribution in [1.82, 2.24) is 0 Å². The molecule has 98 valence electrons. The van der Waals surface area contributed by atoms with E-state index in [2.05, 4.69) is 18.8 Å². The minimum absolute atomic E-state index is 0.286. The lowest BCUT2D eigenvalue weighted by Gasteiger charge is -2.17. The lowest BCUT2D eigenvalue weighted by atomic mass is 10.1. The van der Waals surface area contributed by atoms with E-state index >= 15 is 0 Å². The molecule has 0 amide bonds. The summed E-state index contributed by atoms with van der Waals surface area (Å²) in [5, 5.41) is 3.34. The highest BCUT2D eigenvalue weighted by atomic mass is 16.5. The van der Waals surface area contributed by atoms with Gasteiger partial charge in [0.2, 0.25) is 0 Å². The summed E-state index contributed by atoms with van der Waals surface area (Å²) in [5.41, 5.74) is 2.45. The van der Waals surface area contributed by atoms with Gasteiger partial charge < -0.3 is 10.1 Å². The maximum Gasteiger partial charge on any atom is 0.339 e. The minimum atomic E-state index is -0.308. The van der Waals surface area contributed by atoms with E-state index in [0.29, 0.717) is 5.56 Å². The summed E-state index contributed by atoms with van der Waals surface area (Å²) in [4.78, 5) is 11.7. The maximum absolute atomic E-state index is 11.7. The second kappa shape index (κ2) is 6.84. The van der Waals surface area contributed by atoms with Crippen LogP contribution in [-0.4, -0.2) is 19.1 Å². The maximum atomic E-state index is 11.7. The zero-order valence-corrected chi connectivity index (χ0v) is 11.3. The molecule has 3 nitrogen and oxygen atoms in total. The molecular weight excluding hydrogens is 226 g/mol. The molecule has 18 heavy (non-hydrogen) atoms. The van der Waals surface area contributed by atoms with Crippen LogP contribution < -0.4 is 5.32 Å². The van der Waals surface area contributed by atoms with Gasteiger partial charge >= 0.3 is 5.97 Å². The summed E-state index contributed by atoms with van der Waals surface area (Å²) in [6, 6.07) is 6.03. The van der Waals surface area contributed by atoms with Gasteiger partial charge in [0, 0.05) is 11.7 Å². The Morgan fingerprint density at radius 1 is 1.56 bits per heavy atom. The molecule has 0 saturated heterocycles. The van der Waals surface area contributed by atoms with Crippen molar-refractivity contribution in [2.45, 2.75) is 32.7 Å². The van der Waals surface area contributed by atoms with Crippen LogP contribution in [0.1, 0.15) is 35.7 Å². The van der Waals surface area contributed by atoms with Gasteiger partial charge in [-0.15, -0.1) is 6.58 Å². The van der Waals surface area contributed by atoms with E-state index < -0.39 is 0 Å². The van der Waals surface area contributed by atoms with Crippen LogP contribution in [0.4, 0.5) is 5.69 Å². The van der Waals surface area contributed by atoms with Crippen LogP contribution in [0.15, 0.2) is 30.9 Å². The van der Waals surface area contributed by atoms with Gasteiger partial charge in [-0.1, -0.05) is 17.7 Å².